The van der Waals surface area contributed by atoms with Crippen molar-refractivity contribution in [2.45, 2.75) is 79.6 Å². The minimum atomic E-state index is -1.63. The number of aliphatic carboxylic acids is 2. The molecule has 0 spiro atoms. The first-order chi connectivity index (χ1) is 9.11. The summed E-state index contributed by atoms with van der Waals surface area (Å²) in [6.45, 7) is 11.5. The molecule has 0 aromatic carbocycles. The Balaban J connectivity index is -0.0000000945. The molecule has 0 aromatic heterocycles. The Labute approximate surface area is 239 Å². The monoisotopic (exact) mass is 370 g/mol. The van der Waals surface area contributed by atoms with Crippen LogP contribution in [0, 0.1) is 11.3 Å². The number of carbonyl (C=O) groups is 2. The van der Waals surface area contributed by atoms with Crippen LogP contribution in [0.5, 0.6) is 0 Å². The van der Waals surface area contributed by atoms with Gasteiger partial charge in [0.05, 0.1) is 0 Å². The molecule has 0 fully saturated rings. The zero-order valence-electron chi connectivity index (χ0n) is 16.6. The summed E-state index contributed by atoms with van der Waals surface area (Å²) in [4.78, 5) is 18.6. The maximum absolute atomic E-state index is 9.28. The van der Waals surface area contributed by atoms with Gasteiger partial charge in [-0.05, 0) is 0 Å². The molecule has 0 saturated heterocycles. The standard InChI is InChI=1S/C13H27.C3H4O4.2K.Li/c1-6-7-8-9-10-11-12(2)13(3,4)5;4-2(5)1-3(6)7;;;/h6-11H2,1-5H3;1H2,(H,4,5)(H,6,7);;;/q-1;;3*+1/p-2. The van der Waals surface area contributed by atoms with Gasteiger partial charge in [-0.2, -0.15) is 18.8 Å². The van der Waals surface area contributed by atoms with Gasteiger partial charge < -0.3 is 25.7 Å². The molecule has 7 heteroatoms. The SMILES string of the molecule is CCCCCCC[C-](C)C(C)(C)C.O=C([O-])CC(=O)[O-].[K+].[K+].[Li+]. The predicted octanol–water partition coefficient (Wildman–Crippen LogP) is -7.12. The molecular weight excluding hydrogens is 341 g/mol. The summed E-state index contributed by atoms with van der Waals surface area (Å²) in [5, 5.41) is 18.6. The van der Waals surface area contributed by atoms with Gasteiger partial charge in [-0.3, -0.25) is 0 Å². The minimum absolute atomic E-state index is 0. The van der Waals surface area contributed by atoms with Gasteiger partial charge in [0.25, 0.3) is 0 Å². The van der Waals surface area contributed by atoms with Crippen molar-refractivity contribution >= 4 is 11.9 Å². The van der Waals surface area contributed by atoms with Crippen LogP contribution in [0.4, 0.5) is 0 Å². The smallest absolute Gasteiger partial charge is 0.550 e. The number of carbonyl (C=O) groups excluding carboxylic acids is 2. The van der Waals surface area contributed by atoms with E-state index in [1.807, 2.05) is 0 Å². The summed E-state index contributed by atoms with van der Waals surface area (Å²) in [7, 11) is 0. The average Bonchev–Trinajstić information content (AvgIpc) is 2.26. The largest absolute Gasteiger partial charge is 1.00 e. The van der Waals surface area contributed by atoms with Gasteiger partial charge in [0.15, 0.2) is 0 Å². The third kappa shape index (κ3) is 32.9. The molecule has 4 nitrogen and oxygen atoms in total. The quantitative estimate of drug-likeness (QED) is 0.184. The number of carboxylic acids is 2. The molecule has 0 radical (unpaired) electrons. The maximum Gasteiger partial charge on any atom is 1.00 e. The van der Waals surface area contributed by atoms with Crippen molar-refractivity contribution in [3.05, 3.63) is 5.92 Å². The number of hydrogen-bond donors (Lipinski definition) is 0. The van der Waals surface area contributed by atoms with Crippen LogP contribution in [0.2, 0.25) is 0 Å². The van der Waals surface area contributed by atoms with Crippen molar-refractivity contribution in [2.24, 2.45) is 5.41 Å². The predicted molar refractivity (Wildman–Crippen MR) is 76.4 cm³/mol. The van der Waals surface area contributed by atoms with Crippen molar-refractivity contribution in [3.8, 4) is 0 Å². The van der Waals surface area contributed by atoms with E-state index in [0.29, 0.717) is 5.41 Å². The van der Waals surface area contributed by atoms with Gasteiger partial charge in [0.2, 0.25) is 0 Å². The molecule has 0 heterocycles. The average molecular weight is 371 g/mol. The van der Waals surface area contributed by atoms with E-state index < -0.39 is 18.4 Å². The topological polar surface area (TPSA) is 80.3 Å². The molecule has 120 valence electrons. The van der Waals surface area contributed by atoms with E-state index in [2.05, 4.69) is 34.6 Å². The van der Waals surface area contributed by atoms with Crippen LogP contribution in [0.25, 0.3) is 0 Å². The van der Waals surface area contributed by atoms with E-state index in [1.54, 1.807) is 5.92 Å². The molecule has 0 aliphatic carbocycles. The van der Waals surface area contributed by atoms with Crippen LogP contribution in [0.3, 0.4) is 0 Å². The van der Waals surface area contributed by atoms with E-state index in [1.165, 1.54) is 38.5 Å². The molecule has 0 aliphatic rings. The fourth-order valence-electron chi connectivity index (χ4n) is 1.49. The zero-order chi connectivity index (χ0) is 16.2. The van der Waals surface area contributed by atoms with Gasteiger partial charge >= 0.3 is 122 Å². The summed E-state index contributed by atoms with van der Waals surface area (Å²) in [5.41, 5.74) is 0.421. The van der Waals surface area contributed by atoms with Gasteiger partial charge in [-0.1, -0.05) is 59.8 Å². The Kier molecular flexibility index (Phi) is 36.4. The summed E-state index contributed by atoms with van der Waals surface area (Å²) in [6.07, 6.45) is 7.29. The molecule has 0 bridgehead atoms. The molecule has 0 aromatic rings. The first-order valence-corrected chi connectivity index (χ1v) is 7.33. The Bertz CT molecular complexity index is 270. The second kappa shape index (κ2) is 22.9. The molecule has 0 atom stereocenters. The van der Waals surface area contributed by atoms with Crippen molar-refractivity contribution in [1.82, 2.24) is 0 Å². The molecule has 0 N–H and O–H groups in total. The normalized spacial score (nSPS) is 9.48. The number of carboxylic acid groups (broad SMARTS) is 2. The Morgan fingerprint density at radius 3 is 1.57 bits per heavy atom. The number of unbranched alkanes of at least 4 members (excludes halogenated alkanes) is 4. The molecule has 0 amide bonds. The Morgan fingerprint density at radius 1 is 0.913 bits per heavy atom. The molecule has 23 heavy (non-hydrogen) atoms. The number of hydrogen-bond acceptors (Lipinski definition) is 4. The van der Waals surface area contributed by atoms with E-state index in [-0.39, 0.29) is 122 Å². The van der Waals surface area contributed by atoms with Crippen LogP contribution in [-0.4, -0.2) is 11.9 Å². The fraction of sp³-hybridized carbons (Fsp3) is 0.812. The van der Waals surface area contributed by atoms with Crippen molar-refractivity contribution < 1.29 is 141 Å². The van der Waals surface area contributed by atoms with Crippen LogP contribution >= 0.6 is 0 Å². The fourth-order valence-corrected chi connectivity index (χ4v) is 1.49. The van der Waals surface area contributed by atoms with E-state index >= 15 is 0 Å². The molecule has 0 saturated carbocycles. The minimum Gasteiger partial charge on any atom is -0.550 e. The van der Waals surface area contributed by atoms with E-state index in [0.717, 1.165) is 0 Å². The Hall–Kier alpha value is 2.81. The van der Waals surface area contributed by atoms with Crippen molar-refractivity contribution in [3.63, 3.8) is 0 Å². The third-order valence-corrected chi connectivity index (χ3v) is 3.22. The molecule has 0 unspecified atom stereocenters. The Morgan fingerprint density at radius 2 is 1.30 bits per heavy atom. The van der Waals surface area contributed by atoms with E-state index in [9.17, 15) is 19.8 Å². The van der Waals surface area contributed by atoms with Crippen LogP contribution in [0.15, 0.2) is 0 Å². The first-order valence-electron chi connectivity index (χ1n) is 7.33. The summed E-state index contributed by atoms with van der Waals surface area (Å²) >= 11 is 0. The van der Waals surface area contributed by atoms with Crippen molar-refractivity contribution in [1.29, 1.82) is 0 Å². The van der Waals surface area contributed by atoms with Crippen LogP contribution in [0.1, 0.15) is 79.6 Å². The van der Waals surface area contributed by atoms with Gasteiger partial charge in [0, 0.05) is 18.4 Å². The van der Waals surface area contributed by atoms with Gasteiger partial charge in [-0.15, -0.1) is 0 Å². The van der Waals surface area contributed by atoms with Gasteiger partial charge in [-0.25, -0.2) is 0 Å². The maximum atomic E-state index is 9.28. The molecular formula is C16H29K2LiO4. The second-order valence-electron chi connectivity index (χ2n) is 6.12. The van der Waals surface area contributed by atoms with Crippen LogP contribution in [-0.2, 0) is 9.59 Å². The zero-order valence-corrected chi connectivity index (χ0v) is 22.8. The summed E-state index contributed by atoms with van der Waals surface area (Å²) in [6, 6.07) is 0. The third-order valence-electron chi connectivity index (χ3n) is 3.22. The summed E-state index contributed by atoms with van der Waals surface area (Å²) < 4.78 is 0. The van der Waals surface area contributed by atoms with Crippen molar-refractivity contribution in [2.75, 3.05) is 0 Å². The second-order valence-corrected chi connectivity index (χ2v) is 6.12. The molecule has 0 aliphatic heterocycles. The number of rotatable bonds is 8. The first kappa shape index (κ1) is 36.7. The van der Waals surface area contributed by atoms with Gasteiger partial charge in [0.1, 0.15) is 0 Å². The molecule has 0 rings (SSSR count). The van der Waals surface area contributed by atoms with E-state index in [4.69, 9.17) is 0 Å². The van der Waals surface area contributed by atoms with Crippen LogP contribution < -0.4 is 132 Å². The summed E-state index contributed by atoms with van der Waals surface area (Å²) in [5.74, 6) is -1.59.